The van der Waals surface area contributed by atoms with Crippen LogP contribution in [-0.2, 0) is 6.54 Å². The first-order chi connectivity index (χ1) is 8.09. The summed E-state index contributed by atoms with van der Waals surface area (Å²) in [5.41, 5.74) is 6.56. The highest BCUT2D eigenvalue weighted by Crippen LogP contribution is 2.29. The highest BCUT2D eigenvalue weighted by molar-refractivity contribution is 7.09. The molecule has 0 radical (unpaired) electrons. The van der Waals surface area contributed by atoms with Crippen molar-refractivity contribution in [1.82, 2.24) is 4.90 Å². The van der Waals surface area contributed by atoms with E-state index < -0.39 is 0 Å². The largest absolute Gasteiger partial charge is 0.324 e. The molecule has 0 aliphatic heterocycles. The molecule has 1 fully saturated rings. The molecule has 3 heteroatoms. The second-order valence-electron chi connectivity index (χ2n) is 5.65. The summed E-state index contributed by atoms with van der Waals surface area (Å²) in [7, 11) is 0. The number of hydrogen-bond acceptors (Lipinski definition) is 3. The standard InChI is InChI=1S/C14H24N2S/c1-12(2)16(10-13-6-5-9-17-13)11-14(15)7-3-4-8-14/h5-6,9,12H,3-4,7-8,10-11,15H2,1-2H3. The van der Waals surface area contributed by atoms with Crippen LogP contribution in [0, 0.1) is 0 Å². The van der Waals surface area contributed by atoms with Gasteiger partial charge in [-0.15, -0.1) is 11.3 Å². The van der Waals surface area contributed by atoms with E-state index in [4.69, 9.17) is 5.73 Å². The first-order valence-corrected chi connectivity index (χ1v) is 7.52. The van der Waals surface area contributed by atoms with E-state index in [0.29, 0.717) is 6.04 Å². The fraction of sp³-hybridized carbons (Fsp3) is 0.714. The van der Waals surface area contributed by atoms with E-state index in [1.54, 1.807) is 0 Å². The van der Waals surface area contributed by atoms with Crippen LogP contribution in [0.3, 0.4) is 0 Å². The molecule has 0 atom stereocenters. The number of rotatable bonds is 5. The second kappa shape index (κ2) is 5.51. The predicted octanol–water partition coefficient (Wildman–Crippen LogP) is 3.23. The van der Waals surface area contributed by atoms with Crippen LogP contribution < -0.4 is 5.73 Å². The quantitative estimate of drug-likeness (QED) is 0.872. The van der Waals surface area contributed by atoms with E-state index in [9.17, 15) is 0 Å². The molecule has 1 aromatic heterocycles. The molecule has 0 bridgehead atoms. The van der Waals surface area contributed by atoms with Crippen LogP contribution >= 0.6 is 11.3 Å². The summed E-state index contributed by atoms with van der Waals surface area (Å²) >= 11 is 1.84. The van der Waals surface area contributed by atoms with E-state index in [1.165, 1.54) is 30.6 Å². The molecule has 0 amide bonds. The third-order valence-electron chi connectivity index (χ3n) is 3.79. The molecule has 0 unspecified atom stereocenters. The molecule has 0 aromatic carbocycles. The molecule has 2 rings (SSSR count). The Balaban J connectivity index is 1.97. The number of thiophene rings is 1. The molecule has 1 aliphatic rings. The Morgan fingerprint density at radius 3 is 2.65 bits per heavy atom. The monoisotopic (exact) mass is 252 g/mol. The molecule has 0 spiro atoms. The van der Waals surface area contributed by atoms with Gasteiger partial charge in [0.1, 0.15) is 0 Å². The normalized spacial score (nSPS) is 19.4. The van der Waals surface area contributed by atoms with Gasteiger partial charge in [-0.3, -0.25) is 4.90 Å². The minimum absolute atomic E-state index is 0.0710. The lowest BCUT2D eigenvalue weighted by Crippen LogP contribution is -2.49. The first-order valence-electron chi connectivity index (χ1n) is 6.64. The van der Waals surface area contributed by atoms with Gasteiger partial charge < -0.3 is 5.73 Å². The number of nitrogens with two attached hydrogens (primary N) is 1. The van der Waals surface area contributed by atoms with Gasteiger partial charge in [0.2, 0.25) is 0 Å². The van der Waals surface area contributed by atoms with Gasteiger partial charge in [0.15, 0.2) is 0 Å². The highest BCUT2D eigenvalue weighted by Gasteiger charge is 2.32. The molecule has 96 valence electrons. The maximum atomic E-state index is 6.49. The molecule has 1 saturated carbocycles. The van der Waals surface area contributed by atoms with Gasteiger partial charge in [0, 0.05) is 29.5 Å². The van der Waals surface area contributed by atoms with E-state index in [0.717, 1.165) is 13.1 Å². The fourth-order valence-corrected chi connectivity index (χ4v) is 3.39. The van der Waals surface area contributed by atoms with Gasteiger partial charge in [0.25, 0.3) is 0 Å². The second-order valence-corrected chi connectivity index (χ2v) is 6.68. The van der Waals surface area contributed by atoms with Crippen LogP contribution in [0.2, 0.25) is 0 Å². The molecule has 1 aliphatic carbocycles. The van der Waals surface area contributed by atoms with E-state index in [2.05, 4.69) is 36.3 Å². The van der Waals surface area contributed by atoms with Gasteiger partial charge >= 0.3 is 0 Å². The average Bonchev–Trinajstić information content (AvgIpc) is 2.89. The van der Waals surface area contributed by atoms with Gasteiger partial charge in [-0.25, -0.2) is 0 Å². The van der Waals surface area contributed by atoms with Crippen LogP contribution in [0.25, 0.3) is 0 Å². The number of nitrogens with zero attached hydrogens (tertiary/aromatic N) is 1. The Labute approximate surface area is 109 Å². The van der Waals surface area contributed by atoms with Gasteiger partial charge in [-0.2, -0.15) is 0 Å². The van der Waals surface area contributed by atoms with Gasteiger partial charge in [-0.1, -0.05) is 18.9 Å². The molecule has 17 heavy (non-hydrogen) atoms. The van der Waals surface area contributed by atoms with Crippen molar-refractivity contribution < 1.29 is 0 Å². The molecule has 1 aromatic rings. The summed E-state index contributed by atoms with van der Waals surface area (Å²) in [6, 6.07) is 4.92. The molecule has 0 saturated heterocycles. The lowest BCUT2D eigenvalue weighted by molar-refractivity contribution is 0.164. The third-order valence-corrected chi connectivity index (χ3v) is 4.65. The van der Waals surface area contributed by atoms with E-state index >= 15 is 0 Å². The molecule has 2 nitrogen and oxygen atoms in total. The Hall–Kier alpha value is -0.380. The van der Waals surface area contributed by atoms with Crippen molar-refractivity contribution in [3.8, 4) is 0 Å². The predicted molar refractivity (Wildman–Crippen MR) is 75.3 cm³/mol. The van der Waals surface area contributed by atoms with Crippen LogP contribution in [-0.4, -0.2) is 23.0 Å². The Morgan fingerprint density at radius 1 is 1.41 bits per heavy atom. The summed E-state index contributed by atoms with van der Waals surface area (Å²) < 4.78 is 0. The Morgan fingerprint density at radius 2 is 2.12 bits per heavy atom. The van der Waals surface area contributed by atoms with Gasteiger partial charge in [0.05, 0.1) is 0 Å². The van der Waals surface area contributed by atoms with E-state index in [1.807, 2.05) is 11.3 Å². The zero-order valence-electron chi connectivity index (χ0n) is 11.0. The maximum absolute atomic E-state index is 6.49. The van der Waals surface area contributed by atoms with Crippen molar-refractivity contribution in [1.29, 1.82) is 0 Å². The summed E-state index contributed by atoms with van der Waals surface area (Å²) in [5, 5.41) is 2.15. The smallest absolute Gasteiger partial charge is 0.0331 e. The number of hydrogen-bond donors (Lipinski definition) is 1. The summed E-state index contributed by atoms with van der Waals surface area (Å²) in [5.74, 6) is 0. The summed E-state index contributed by atoms with van der Waals surface area (Å²) in [6.45, 7) is 6.63. The van der Waals surface area contributed by atoms with Crippen molar-refractivity contribution >= 4 is 11.3 Å². The first kappa shape index (κ1) is 13.1. The highest BCUT2D eigenvalue weighted by atomic mass is 32.1. The van der Waals surface area contributed by atoms with Crippen LogP contribution in [0.15, 0.2) is 17.5 Å². The van der Waals surface area contributed by atoms with Crippen molar-refractivity contribution in [3.05, 3.63) is 22.4 Å². The van der Waals surface area contributed by atoms with Crippen LogP contribution in [0.5, 0.6) is 0 Å². The van der Waals surface area contributed by atoms with Crippen molar-refractivity contribution in [2.75, 3.05) is 6.54 Å². The molecule has 2 N–H and O–H groups in total. The lowest BCUT2D eigenvalue weighted by atomic mass is 9.97. The topological polar surface area (TPSA) is 29.3 Å². The van der Waals surface area contributed by atoms with Crippen molar-refractivity contribution in [2.45, 2.75) is 57.7 Å². The maximum Gasteiger partial charge on any atom is 0.0331 e. The minimum Gasteiger partial charge on any atom is -0.324 e. The van der Waals surface area contributed by atoms with Crippen LogP contribution in [0.4, 0.5) is 0 Å². The zero-order chi connectivity index (χ0) is 12.3. The van der Waals surface area contributed by atoms with Crippen molar-refractivity contribution in [3.63, 3.8) is 0 Å². The van der Waals surface area contributed by atoms with E-state index in [-0.39, 0.29) is 5.54 Å². The zero-order valence-corrected chi connectivity index (χ0v) is 11.8. The Kier molecular flexibility index (Phi) is 4.23. The lowest BCUT2D eigenvalue weighted by Gasteiger charge is -2.34. The average molecular weight is 252 g/mol. The minimum atomic E-state index is 0.0710. The SMILES string of the molecule is CC(C)N(Cc1cccs1)CC1(N)CCCC1. The van der Waals surface area contributed by atoms with Crippen LogP contribution in [0.1, 0.15) is 44.4 Å². The summed E-state index contributed by atoms with van der Waals surface area (Å²) in [6.07, 6.45) is 5.00. The third kappa shape index (κ3) is 3.54. The Bertz CT molecular complexity index is 326. The van der Waals surface area contributed by atoms with Gasteiger partial charge in [-0.05, 0) is 38.1 Å². The molecular formula is C14H24N2S. The fourth-order valence-electron chi connectivity index (χ4n) is 2.67. The summed E-state index contributed by atoms with van der Waals surface area (Å²) in [4.78, 5) is 3.97. The molecular weight excluding hydrogens is 228 g/mol. The molecule has 1 heterocycles. The van der Waals surface area contributed by atoms with Crippen molar-refractivity contribution in [2.24, 2.45) is 5.73 Å².